The number of aliphatic hydroxyl groups excluding tert-OH is 5. The van der Waals surface area contributed by atoms with Gasteiger partial charge in [-0.05, 0) is 0 Å². The molecule has 0 fully saturated rings. The second kappa shape index (κ2) is 5.18. The van der Waals surface area contributed by atoms with Crippen molar-refractivity contribution in [3.63, 3.8) is 0 Å². The Morgan fingerprint density at radius 1 is 1.25 bits per heavy atom. The van der Waals surface area contributed by atoms with Crippen LogP contribution >= 0.6 is 0 Å². The van der Waals surface area contributed by atoms with Crippen LogP contribution < -0.4 is 0 Å². The Hall–Kier alpha value is -0.530. The van der Waals surface area contributed by atoms with Crippen LogP contribution in [0.2, 0.25) is 0 Å². The number of aldehydes is 1. The van der Waals surface area contributed by atoms with Gasteiger partial charge in [0.05, 0.1) is 6.61 Å². The van der Waals surface area contributed by atoms with E-state index in [4.69, 9.17) is 25.5 Å². The van der Waals surface area contributed by atoms with Crippen molar-refractivity contribution in [1.82, 2.24) is 0 Å². The molecule has 0 aliphatic rings. The number of aliphatic hydroxyl groups is 5. The van der Waals surface area contributed by atoms with Gasteiger partial charge in [-0.1, -0.05) is 0 Å². The second-order valence-corrected chi connectivity index (χ2v) is 2.36. The van der Waals surface area contributed by atoms with Crippen molar-refractivity contribution >= 4 is 6.29 Å². The molecule has 12 heavy (non-hydrogen) atoms. The molecule has 0 unspecified atom stereocenters. The summed E-state index contributed by atoms with van der Waals surface area (Å²) in [6.07, 6.45) is -6.84. The van der Waals surface area contributed by atoms with Gasteiger partial charge in [0.25, 0.3) is 0 Å². The predicted octanol–water partition coefficient (Wildman–Crippen LogP) is -3.38. The van der Waals surface area contributed by atoms with Gasteiger partial charge in [-0.25, -0.2) is 0 Å². The predicted molar refractivity (Wildman–Crippen MR) is 37.2 cm³/mol. The van der Waals surface area contributed by atoms with E-state index in [9.17, 15) is 4.79 Å². The van der Waals surface area contributed by atoms with Crippen LogP contribution in [0.5, 0.6) is 0 Å². The highest BCUT2D eigenvalue weighted by atomic mass is 18.2. The molecule has 0 rings (SSSR count). The fourth-order valence-corrected chi connectivity index (χ4v) is 0.618. The Labute approximate surface area is 68.7 Å². The molecule has 0 radical (unpaired) electrons. The Morgan fingerprint density at radius 2 is 1.75 bits per heavy atom. The minimum absolute atomic E-state index is 0.0258. The van der Waals surface area contributed by atoms with Gasteiger partial charge in [-0.3, -0.25) is 0 Å². The lowest BCUT2D eigenvalue weighted by atomic mass is 10.1. The van der Waals surface area contributed by atoms with Gasteiger partial charge in [-0.2, -0.15) is 0 Å². The van der Waals surface area contributed by atoms with E-state index < -0.39 is 31.0 Å². The van der Waals surface area contributed by atoms with Crippen LogP contribution in [-0.2, 0) is 4.79 Å². The molecule has 6 nitrogen and oxygen atoms in total. The topological polar surface area (TPSA) is 118 Å². The summed E-state index contributed by atoms with van der Waals surface area (Å²) in [5, 5.41) is 43.5. The molecule has 4 atom stereocenters. The molecule has 0 aliphatic heterocycles. The van der Waals surface area contributed by atoms with Gasteiger partial charge in [0, 0.05) is 0 Å². The molecule has 72 valence electrons. The SMILES string of the molecule is O=C[C@@H](O)[C@H]([18OH])[C@H]([18OH])[C@H](O)CO. The second-order valence-electron chi connectivity index (χ2n) is 2.36. The summed E-state index contributed by atoms with van der Waals surface area (Å²) in [6, 6.07) is 0. The summed E-state index contributed by atoms with van der Waals surface area (Å²) in [4.78, 5) is 9.90. The minimum Gasteiger partial charge on any atom is -0.394 e. The molecular formula is C6H12O6. The van der Waals surface area contributed by atoms with E-state index in [1.807, 2.05) is 0 Å². The van der Waals surface area contributed by atoms with Crippen LogP contribution in [0.3, 0.4) is 0 Å². The first-order chi connectivity index (χ1) is 5.54. The molecule has 0 saturated heterocycles. The third-order valence-corrected chi connectivity index (χ3v) is 1.42. The van der Waals surface area contributed by atoms with E-state index in [1.54, 1.807) is 0 Å². The van der Waals surface area contributed by atoms with E-state index in [2.05, 4.69) is 0 Å². The fourth-order valence-electron chi connectivity index (χ4n) is 0.618. The van der Waals surface area contributed by atoms with Gasteiger partial charge >= 0.3 is 0 Å². The van der Waals surface area contributed by atoms with Crippen molar-refractivity contribution in [1.29, 1.82) is 0 Å². The molecule has 0 aromatic rings. The molecule has 0 bridgehead atoms. The first-order valence-electron chi connectivity index (χ1n) is 3.33. The van der Waals surface area contributed by atoms with Gasteiger partial charge in [0.2, 0.25) is 0 Å². The Balaban J connectivity index is 4.07. The Bertz CT molecular complexity index is 138. The summed E-state index contributed by atoms with van der Waals surface area (Å²) in [6.45, 7) is -0.760. The monoisotopic (exact) mass is 184 g/mol. The first kappa shape index (κ1) is 11.5. The third-order valence-electron chi connectivity index (χ3n) is 1.42. The molecule has 0 aromatic heterocycles. The number of hydrogen-bond acceptors (Lipinski definition) is 6. The van der Waals surface area contributed by atoms with E-state index in [0.717, 1.165) is 0 Å². The van der Waals surface area contributed by atoms with Crippen LogP contribution in [0.4, 0.5) is 0 Å². The average Bonchev–Trinajstić information content (AvgIpc) is 2.12. The Kier molecular flexibility index (Phi) is 4.95. The van der Waals surface area contributed by atoms with Crippen LogP contribution in [0.25, 0.3) is 0 Å². The molecule has 5 N–H and O–H groups in total. The normalized spacial score (nSPS) is 21.1. The lowest BCUT2D eigenvalue weighted by molar-refractivity contribution is -0.136. The third kappa shape index (κ3) is 2.84. The van der Waals surface area contributed by atoms with Crippen molar-refractivity contribution in [2.75, 3.05) is 6.61 Å². The number of carbonyl (C=O) groups is 1. The molecule has 6 heteroatoms. The van der Waals surface area contributed by atoms with E-state index in [0.29, 0.717) is 0 Å². The van der Waals surface area contributed by atoms with Crippen LogP contribution in [0.15, 0.2) is 0 Å². The maximum Gasteiger partial charge on any atom is 0.151 e. The van der Waals surface area contributed by atoms with Gasteiger partial charge in [-0.15, -0.1) is 0 Å². The first-order valence-corrected chi connectivity index (χ1v) is 3.33. The molecule has 0 amide bonds. The maximum absolute atomic E-state index is 9.90. The lowest BCUT2D eigenvalue weighted by Crippen LogP contribution is -2.46. The summed E-state index contributed by atoms with van der Waals surface area (Å²) in [7, 11) is 0. The smallest absolute Gasteiger partial charge is 0.151 e. The highest BCUT2D eigenvalue weighted by Crippen LogP contribution is 2.02. The summed E-state index contributed by atoms with van der Waals surface area (Å²) < 4.78 is 0. The molecule has 0 heterocycles. The van der Waals surface area contributed by atoms with Crippen LogP contribution in [-0.4, -0.2) is 62.8 Å². The van der Waals surface area contributed by atoms with Crippen molar-refractivity contribution in [3.8, 4) is 0 Å². The number of carbonyl (C=O) groups excluding carboxylic acids is 1. The maximum atomic E-state index is 9.90. The quantitative estimate of drug-likeness (QED) is 0.225. The zero-order valence-corrected chi connectivity index (χ0v) is 6.24. The average molecular weight is 184 g/mol. The minimum atomic E-state index is -1.79. The highest BCUT2D eigenvalue weighted by Gasteiger charge is 2.29. The van der Waals surface area contributed by atoms with Crippen molar-refractivity contribution < 1.29 is 30.3 Å². The molecule has 0 saturated carbocycles. The molecular weight excluding hydrogens is 172 g/mol. The standard InChI is InChI=1S/C6H12O6/c7-1-3(9)5(11)6(12)4(10)2-8/h1,3-6,8-12H,2H2/t3-,4-,5+,6-/m1/s1/i11+2,12+2. The van der Waals surface area contributed by atoms with E-state index in [1.165, 1.54) is 0 Å². The largest absolute Gasteiger partial charge is 0.394 e. The Morgan fingerprint density at radius 3 is 2.08 bits per heavy atom. The lowest BCUT2D eigenvalue weighted by Gasteiger charge is -2.22. The van der Waals surface area contributed by atoms with Gasteiger partial charge in [0.15, 0.2) is 6.29 Å². The van der Waals surface area contributed by atoms with Gasteiger partial charge in [0.1, 0.15) is 24.4 Å². The van der Waals surface area contributed by atoms with Crippen LogP contribution in [0.1, 0.15) is 0 Å². The molecule has 0 spiro atoms. The van der Waals surface area contributed by atoms with E-state index in [-0.39, 0.29) is 6.29 Å². The summed E-state index contributed by atoms with van der Waals surface area (Å²) in [5.41, 5.74) is 0. The van der Waals surface area contributed by atoms with Crippen LogP contribution in [0, 0.1) is 0 Å². The number of rotatable bonds is 5. The van der Waals surface area contributed by atoms with Crippen molar-refractivity contribution in [2.24, 2.45) is 0 Å². The highest BCUT2D eigenvalue weighted by molar-refractivity contribution is 5.56. The number of hydrogen-bond donors (Lipinski definition) is 5. The molecule has 0 aliphatic carbocycles. The van der Waals surface area contributed by atoms with Gasteiger partial charge < -0.3 is 30.3 Å². The van der Waals surface area contributed by atoms with Crippen molar-refractivity contribution in [3.05, 3.63) is 0 Å². The molecule has 0 aromatic carbocycles. The zero-order chi connectivity index (χ0) is 9.72. The van der Waals surface area contributed by atoms with E-state index >= 15 is 0 Å². The zero-order valence-electron chi connectivity index (χ0n) is 6.24. The van der Waals surface area contributed by atoms with Crippen molar-refractivity contribution in [2.45, 2.75) is 24.4 Å². The summed E-state index contributed by atoms with van der Waals surface area (Å²) >= 11 is 0. The summed E-state index contributed by atoms with van der Waals surface area (Å²) in [5.74, 6) is 0. The fraction of sp³-hybridized carbons (Fsp3) is 0.833.